The van der Waals surface area contributed by atoms with Crippen molar-refractivity contribution in [3.63, 3.8) is 0 Å². The van der Waals surface area contributed by atoms with Crippen molar-refractivity contribution in [2.75, 3.05) is 18.5 Å². The Morgan fingerprint density at radius 3 is 2.59 bits per heavy atom. The quantitative estimate of drug-likeness (QED) is 0.323. The van der Waals surface area contributed by atoms with Gasteiger partial charge in [0, 0.05) is 0 Å². The van der Waals surface area contributed by atoms with Gasteiger partial charge in [0.25, 0.3) is 17.1 Å². The summed E-state index contributed by atoms with van der Waals surface area (Å²) in [7, 11) is 0. The van der Waals surface area contributed by atoms with Crippen LogP contribution in [0, 0.1) is 6.92 Å². The number of hydrogen-bond acceptors (Lipinski definition) is 6. The Labute approximate surface area is 224 Å². The topological polar surface area (TPSA) is 84.9 Å². The summed E-state index contributed by atoms with van der Waals surface area (Å²) in [6, 6.07) is 19.7. The van der Waals surface area contributed by atoms with E-state index in [0.29, 0.717) is 39.3 Å². The molecule has 0 saturated carbocycles. The summed E-state index contributed by atoms with van der Waals surface area (Å²) in [6.45, 7) is 4.14. The van der Waals surface area contributed by atoms with E-state index < -0.39 is 0 Å². The lowest BCUT2D eigenvalue weighted by Gasteiger charge is -2.13. The molecule has 1 N–H and O–H groups in total. The van der Waals surface area contributed by atoms with Crippen LogP contribution in [-0.2, 0) is 16.1 Å². The third kappa shape index (κ3) is 6.72. The second-order valence-electron chi connectivity index (χ2n) is 8.21. The maximum Gasteiger partial charge on any atom is 0.293 e. The fraction of sp³-hybridized carbons (Fsp3) is 0.179. The number of benzene rings is 3. The highest BCUT2D eigenvalue weighted by atomic mass is 35.5. The summed E-state index contributed by atoms with van der Waals surface area (Å²) in [5, 5.41) is 2.82. The van der Waals surface area contributed by atoms with Crippen molar-refractivity contribution in [3.8, 4) is 11.5 Å². The van der Waals surface area contributed by atoms with E-state index in [1.807, 2.05) is 38.1 Å². The minimum Gasteiger partial charge on any atom is -0.490 e. The van der Waals surface area contributed by atoms with Crippen molar-refractivity contribution < 1.29 is 23.9 Å². The van der Waals surface area contributed by atoms with Gasteiger partial charge in [-0.3, -0.25) is 19.3 Å². The van der Waals surface area contributed by atoms with Crippen LogP contribution in [-0.4, -0.2) is 35.2 Å². The van der Waals surface area contributed by atoms with Gasteiger partial charge in [0.1, 0.15) is 0 Å². The van der Waals surface area contributed by atoms with E-state index in [0.717, 1.165) is 22.9 Å². The summed E-state index contributed by atoms with van der Waals surface area (Å²) < 4.78 is 11.4. The zero-order valence-electron chi connectivity index (χ0n) is 20.3. The predicted octanol–water partition coefficient (Wildman–Crippen LogP) is 6.30. The number of amides is 3. The van der Waals surface area contributed by atoms with E-state index in [9.17, 15) is 14.4 Å². The molecule has 9 heteroatoms. The van der Waals surface area contributed by atoms with Crippen molar-refractivity contribution >= 4 is 52.2 Å². The Morgan fingerprint density at radius 2 is 1.84 bits per heavy atom. The molecule has 0 radical (unpaired) electrons. The molecule has 7 nitrogen and oxygen atoms in total. The molecule has 37 heavy (non-hydrogen) atoms. The summed E-state index contributed by atoms with van der Waals surface area (Å²) >= 11 is 6.99. The van der Waals surface area contributed by atoms with E-state index in [2.05, 4.69) is 5.32 Å². The average molecular weight is 537 g/mol. The van der Waals surface area contributed by atoms with Gasteiger partial charge >= 0.3 is 0 Å². The number of nitrogens with one attached hydrogen (secondary N) is 1. The molecule has 3 amide bonds. The maximum absolute atomic E-state index is 12.9. The van der Waals surface area contributed by atoms with Crippen LogP contribution in [0.4, 0.5) is 10.5 Å². The SMILES string of the molecule is CCOc1cc(/C=C2\SC(=O)N(Cc3cccc(C)c3)C2=O)ccc1OCC(=O)Nc1ccccc1Cl. The van der Waals surface area contributed by atoms with Gasteiger partial charge in [0.2, 0.25) is 0 Å². The molecule has 1 aliphatic rings. The average Bonchev–Trinajstić information content (AvgIpc) is 3.12. The maximum atomic E-state index is 12.9. The van der Waals surface area contributed by atoms with E-state index >= 15 is 0 Å². The first-order valence-corrected chi connectivity index (χ1v) is 12.8. The third-order valence-corrected chi connectivity index (χ3v) is 6.61. The lowest BCUT2D eigenvalue weighted by atomic mass is 10.1. The highest BCUT2D eigenvalue weighted by molar-refractivity contribution is 8.18. The van der Waals surface area contributed by atoms with Crippen molar-refractivity contribution in [1.82, 2.24) is 4.90 Å². The molecule has 1 aliphatic heterocycles. The smallest absolute Gasteiger partial charge is 0.293 e. The predicted molar refractivity (Wildman–Crippen MR) is 146 cm³/mol. The number of aryl methyl sites for hydroxylation is 1. The number of hydrogen-bond donors (Lipinski definition) is 1. The molecular weight excluding hydrogens is 512 g/mol. The fourth-order valence-electron chi connectivity index (χ4n) is 3.67. The minimum absolute atomic E-state index is 0.219. The van der Waals surface area contributed by atoms with Gasteiger partial charge in [0.15, 0.2) is 18.1 Å². The van der Waals surface area contributed by atoms with Crippen LogP contribution in [0.1, 0.15) is 23.6 Å². The molecule has 0 aromatic heterocycles. The molecule has 1 heterocycles. The molecule has 0 spiro atoms. The lowest BCUT2D eigenvalue weighted by Crippen LogP contribution is -2.27. The third-order valence-electron chi connectivity index (χ3n) is 5.37. The van der Waals surface area contributed by atoms with Crippen LogP contribution in [0.25, 0.3) is 6.08 Å². The molecule has 0 atom stereocenters. The number of halogens is 1. The number of rotatable bonds is 9. The molecule has 0 bridgehead atoms. The largest absolute Gasteiger partial charge is 0.490 e. The first-order chi connectivity index (χ1) is 17.8. The van der Waals surface area contributed by atoms with Crippen molar-refractivity contribution in [2.45, 2.75) is 20.4 Å². The first kappa shape index (κ1) is 26.3. The van der Waals surface area contributed by atoms with Gasteiger partial charge in [0.05, 0.1) is 28.8 Å². The molecule has 3 aromatic rings. The fourth-order valence-corrected chi connectivity index (χ4v) is 4.70. The molecule has 3 aromatic carbocycles. The van der Waals surface area contributed by atoms with Crippen LogP contribution in [0.2, 0.25) is 5.02 Å². The Hall–Kier alpha value is -3.75. The summed E-state index contributed by atoms with van der Waals surface area (Å²) in [5.41, 5.74) is 3.11. The van der Waals surface area contributed by atoms with Crippen molar-refractivity contribution in [3.05, 3.63) is 93.3 Å². The van der Waals surface area contributed by atoms with Crippen LogP contribution >= 0.6 is 23.4 Å². The van der Waals surface area contributed by atoms with E-state index in [4.69, 9.17) is 21.1 Å². The summed E-state index contributed by atoms with van der Waals surface area (Å²) in [5.74, 6) is 0.0783. The van der Waals surface area contributed by atoms with E-state index in [1.54, 1.807) is 48.5 Å². The number of carbonyl (C=O) groups is 3. The number of para-hydroxylation sites is 1. The number of nitrogens with zero attached hydrogens (tertiary/aromatic N) is 1. The number of anilines is 1. The van der Waals surface area contributed by atoms with Crippen LogP contribution in [0.15, 0.2) is 71.6 Å². The highest BCUT2D eigenvalue weighted by Crippen LogP contribution is 2.35. The Kier molecular flexibility index (Phi) is 8.53. The van der Waals surface area contributed by atoms with Gasteiger partial charge in [-0.15, -0.1) is 0 Å². The van der Waals surface area contributed by atoms with Crippen molar-refractivity contribution in [1.29, 1.82) is 0 Å². The molecular formula is C28H25ClN2O5S. The van der Waals surface area contributed by atoms with Crippen LogP contribution in [0.3, 0.4) is 0 Å². The van der Waals surface area contributed by atoms with Gasteiger partial charge in [-0.25, -0.2) is 0 Å². The lowest BCUT2D eigenvalue weighted by molar-refractivity contribution is -0.123. The van der Waals surface area contributed by atoms with Crippen molar-refractivity contribution in [2.24, 2.45) is 0 Å². The molecule has 1 saturated heterocycles. The van der Waals surface area contributed by atoms with Gasteiger partial charge in [-0.2, -0.15) is 0 Å². The Morgan fingerprint density at radius 1 is 1.03 bits per heavy atom. The molecule has 0 unspecified atom stereocenters. The highest BCUT2D eigenvalue weighted by Gasteiger charge is 2.35. The Balaban J connectivity index is 1.45. The minimum atomic E-state index is -0.373. The van der Waals surface area contributed by atoms with E-state index in [1.165, 1.54) is 4.90 Å². The molecule has 1 fully saturated rings. The van der Waals surface area contributed by atoms with Gasteiger partial charge in [-0.05, 0) is 67.1 Å². The number of ether oxygens (including phenoxy) is 2. The molecule has 0 aliphatic carbocycles. The van der Waals surface area contributed by atoms with Gasteiger partial charge in [-0.1, -0.05) is 59.6 Å². The number of thioether (sulfide) groups is 1. The normalized spacial score (nSPS) is 14.2. The number of carbonyl (C=O) groups excluding carboxylic acids is 3. The zero-order chi connectivity index (χ0) is 26.4. The van der Waals surface area contributed by atoms with Crippen LogP contribution in [0.5, 0.6) is 11.5 Å². The van der Waals surface area contributed by atoms with Gasteiger partial charge < -0.3 is 14.8 Å². The summed E-state index contributed by atoms with van der Waals surface area (Å²) in [4.78, 5) is 39.4. The second-order valence-corrected chi connectivity index (χ2v) is 9.61. The molecule has 4 rings (SSSR count). The van der Waals surface area contributed by atoms with Crippen LogP contribution < -0.4 is 14.8 Å². The molecule has 190 valence electrons. The monoisotopic (exact) mass is 536 g/mol. The zero-order valence-corrected chi connectivity index (χ0v) is 21.9. The second kappa shape index (κ2) is 12.0. The summed E-state index contributed by atoms with van der Waals surface area (Å²) in [6.07, 6.45) is 1.65. The van der Waals surface area contributed by atoms with E-state index in [-0.39, 0.29) is 30.2 Å². The first-order valence-electron chi connectivity index (χ1n) is 11.6. The number of imide groups is 1. The Bertz CT molecular complexity index is 1370. The standard InChI is InChI=1S/C28H25ClN2O5S/c1-3-35-24-14-19(11-12-23(24)36-17-26(32)30-22-10-5-4-9-21(22)29)15-25-27(33)31(28(34)37-25)16-20-8-6-7-18(2)13-20/h4-15H,3,16-17H2,1-2H3,(H,30,32)/b25-15-.